The van der Waals surface area contributed by atoms with Gasteiger partial charge in [-0.05, 0) is 25.5 Å². The Kier molecular flexibility index (Phi) is 4.01. The van der Waals surface area contributed by atoms with Crippen LogP contribution in [0.4, 0.5) is 0 Å². The van der Waals surface area contributed by atoms with Crippen molar-refractivity contribution in [3.8, 4) is 0 Å². The number of hydrogen-bond acceptors (Lipinski definition) is 5. The molecule has 0 unspecified atom stereocenters. The number of pyridine rings is 1. The zero-order valence-corrected chi connectivity index (χ0v) is 11.3. The topological polar surface area (TPSA) is 84.0 Å². The lowest BCUT2D eigenvalue weighted by Crippen LogP contribution is -2.52. The molecule has 6 heteroatoms. The van der Waals surface area contributed by atoms with Crippen LogP contribution in [0.5, 0.6) is 0 Å². The average Bonchev–Trinajstić information content (AvgIpc) is 2.41. The summed E-state index contributed by atoms with van der Waals surface area (Å²) < 4.78 is 5.51. The normalized spacial score (nSPS) is 20.4. The molecule has 2 heterocycles. The summed E-state index contributed by atoms with van der Waals surface area (Å²) in [5, 5.41) is 11.8. The molecule has 0 aliphatic carbocycles. The fourth-order valence-corrected chi connectivity index (χ4v) is 2.23. The molecule has 3 N–H and O–H groups in total. The maximum absolute atomic E-state index is 8.81. The van der Waals surface area contributed by atoms with Crippen LogP contribution in [0.2, 0.25) is 0 Å². The fourth-order valence-electron chi connectivity index (χ4n) is 2.23. The van der Waals surface area contributed by atoms with Crippen molar-refractivity contribution < 1.29 is 9.94 Å². The van der Waals surface area contributed by atoms with Crippen molar-refractivity contribution in [1.82, 2.24) is 9.88 Å². The van der Waals surface area contributed by atoms with Crippen LogP contribution in [-0.2, 0) is 11.3 Å². The minimum absolute atomic E-state index is 0.0313. The molecule has 0 amide bonds. The van der Waals surface area contributed by atoms with Gasteiger partial charge in [-0.3, -0.25) is 9.88 Å². The Labute approximate surface area is 112 Å². The fraction of sp³-hybridized carbons (Fsp3) is 0.538. The minimum atomic E-state index is -0.0313. The second kappa shape index (κ2) is 5.54. The van der Waals surface area contributed by atoms with Crippen molar-refractivity contribution in [3.63, 3.8) is 0 Å². The SMILES string of the molecule is CC1(C)COCCN1Cc1cccnc1C(N)=NO. The Balaban J connectivity index is 2.23. The van der Waals surface area contributed by atoms with Gasteiger partial charge in [0.2, 0.25) is 0 Å². The lowest BCUT2D eigenvalue weighted by atomic mass is 10.0. The summed E-state index contributed by atoms with van der Waals surface area (Å²) in [4.78, 5) is 6.51. The highest BCUT2D eigenvalue weighted by atomic mass is 16.5. The minimum Gasteiger partial charge on any atom is -0.409 e. The molecule has 0 aromatic carbocycles. The molecule has 1 saturated heterocycles. The van der Waals surface area contributed by atoms with Gasteiger partial charge < -0.3 is 15.7 Å². The van der Waals surface area contributed by atoms with Gasteiger partial charge in [-0.1, -0.05) is 11.2 Å². The highest BCUT2D eigenvalue weighted by Crippen LogP contribution is 2.22. The molecule has 0 spiro atoms. The van der Waals surface area contributed by atoms with Gasteiger partial charge in [0.05, 0.1) is 13.2 Å². The van der Waals surface area contributed by atoms with E-state index in [4.69, 9.17) is 15.7 Å². The first-order valence-electron chi connectivity index (χ1n) is 6.29. The second-order valence-electron chi connectivity index (χ2n) is 5.28. The van der Waals surface area contributed by atoms with E-state index in [0.29, 0.717) is 18.8 Å². The smallest absolute Gasteiger partial charge is 0.189 e. The van der Waals surface area contributed by atoms with Crippen molar-refractivity contribution in [2.45, 2.75) is 25.9 Å². The molecule has 0 radical (unpaired) electrons. The number of rotatable bonds is 3. The van der Waals surface area contributed by atoms with Crippen LogP contribution in [0.3, 0.4) is 0 Å². The second-order valence-corrected chi connectivity index (χ2v) is 5.28. The Morgan fingerprint density at radius 2 is 2.42 bits per heavy atom. The van der Waals surface area contributed by atoms with Gasteiger partial charge in [-0.2, -0.15) is 0 Å². The monoisotopic (exact) mass is 264 g/mol. The van der Waals surface area contributed by atoms with E-state index in [1.165, 1.54) is 0 Å². The average molecular weight is 264 g/mol. The Morgan fingerprint density at radius 3 is 3.11 bits per heavy atom. The van der Waals surface area contributed by atoms with Crippen LogP contribution < -0.4 is 5.73 Å². The van der Waals surface area contributed by atoms with E-state index in [9.17, 15) is 0 Å². The summed E-state index contributed by atoms with van der Waals surface area (Å²) in [5.74, 6) is 0.0432. The number of nitrogens with two attached hydrogens (primary N) is 1. The van der Waals surface area contributed by atoms with Gasteiger partial charge >= 0.3 is 0 Å². The number of oxime groups is 1. The van der Waals surface area contributed by atoms with Crippen LogP contribution in [-0.4, -0.2) is 46.2 Å². The Hall–Kier alpha value is -1.66. The number of amidine groups is 1. The van der Waals surface area contributed by atoms with Crippen molar-refractivity contribution in [1.29, 1.82) is 0 Å². The summed E-state index contributed by atoms with van der Waals surface area (Å²) in [6.07, 6.45) is 1.64. The van der Waals surface area contributed by atoms with E-state index >= 15 is 0 Å². The maximum Gasteiger partial charge on any atom is 0.189 e. The number of ether oxygens (including phenoxy) is 1. The van der Waals surface area contributed by atoms with Crippen molar-refractivity contribution in [3.05, 3.63) is 29.6 Å². The van der Waals surface area contributed by atoms with Crippen LogP contribution in [0.15, 0.2) is 23.5 Å². The predicted molar refractivity (Wildman–Crippen MR) is 72.1 cm³/mol. The number of nitrogens with zero attached hydrogens (tertiary/aromatic N) is 3. The predicted octanol–water partition coefficient (Wildman–Crippen LogP) is 0.787. The first-order valence-corrected chi connectivity index (χ1v) is 6.29. The van der Waals surface area contributed by atoms with Crippen molar-refractivity contribution >= 4 is 5.84 Å². The first-order chi connectivity index (χ1) is 9.04. The van der Waals surface area contributed by atoms with Crippen LogP contribution in [0, 0.1) is 0 Å². The van der Waals surface area contributed by atoms with Crippen molar-refractivity contribution in [2.24, 2.45) is 10.9 Å². The maximum atomic E-state index is 8.81. The largest absolute Gasteiger partial charge is 0.409 e. The molecule has 1 aromatic heterocycles. The summed E-state index contributed by atoms with van der Waals surface area (Å²) in [6.45, 7) is 7.28. The zero-order valence-electron chi connectivity index (χ0n) is 11.3. The van der Waals surface area contributed by atoms with E-state index in [0.717, 1.165) is 18.7 Å². The molecule has 0 saturated carbocycles. The molecule has 1 fully saturated rings. The van der Waals surface area contributed by atoms with Crippen molar-refractivity contribution in [2.75, 3.05) is 19.8 Å². The summed E-state index contributed by atoms with van der Waals surface area (Å²) in [5.41, 5.74) is 7.12. The quantitative estimate of drug-likeness (QED) is 0.365. The molecular weight excluding hydrogens is 244 g/mol. The summed E-state index contributed by atoms with van der Waals surface area (Å²) in [6, 6.07) is 3.81. The first kappa shape index (κ1) is 13.8. The van der Waals surface area contributed by atoms with Crippen LogP contribution >= 0.6 is 0 Å². The molecule has 19 heavy (non-hydrogen) atoms. The van der Waals surface area contributed by atoms with Gasteiger partial charge in [0.15, 0.2) is 5.84 Å². The van der Waals surface area contributed by atoms with Gasteiger partial charge in [0, 0.05) is 24.8 Å². The van der Waals surface area contributed by atoms with E-state index in [-0.39, 0.29) is 11.4 Å². The van der Waals surface area contributed by atoms with E-state index in [1.807, 2.05) is 12.1 Å². The molecular formula is C13H20N4O2. The van der Waals surface area contributed by atoms with Gasteiger partial charge in [-0.15, -0.1) is 0 Å². The zero-order chi connectivity index (χ0) is 13.9. The number of hydrogen-bond donors (Lipinski definition) is 2. The third-order valence-corrected chi connectivity index (χ3v) is 3.42. The lowest BCUT2D eigenvalue weighted by molar-refractivity contribution is -0.0553. The van der Waals surface area contributed by atoms with Gasteiger partial charge in [-0.25, -0.2) is 0 Å². The van der Waals surface area contributed by atoms with E-state index < -0.39 is 0 Å². The molecule has 104 valence electrons. The molecule has 0 bridgehead atoms. The molecule has 1 aromatic rings. The summed E-state index contributed by atoms with van der Waals surface area (Å²) >= 11 is 0. The number of morpholine rings is 1. The summed E-state index contributed by atoms with van der Waals surface area (Å²) in [7, 11) is 0. The molecule has 6 nitrogen and oxygen atoms in total. The molecule has 0 atom stereocenters. The third kappa shape index (κ3) is 3.02. The standard InChI is InChI=1S/C13H20N4O2/c1-13(2)9-19-7-6-17(13)8-10-4-3-5-15-11(10)12(14)16-18/h3-5,18H,6-9H2,1-2H3,(H2,14,16). The van der Waals surface area contributed by atoms with E-state index in [1.54, 1.807) is 6.20 Å². The Bertz CT molecular complexity index is 473. The molecule has 2 rings (SSSR count). The van der Waals surface area contributed by atoms with Crippen LogP contribution in [0.25, 0.3) is 0 Å². The van der Waals surface area contributed by atoms with Gasteiger partial charge in [0.1, 0.15) is 5.69 Å². The highest BCUT2D eigenvalue weighted by molar-refractivity contribution is 5.96. The van der Waals surface area contributed by atoms with Gasteiger partial charge in [0.25, 0.3) is 0 Å². The Morgan fingerprint density at radius 1 is 1.63 bits per heavy atom. The van der Waals surface area contributed by atoms with Crippen LogP contribution in [0.1, 0.15) is 25.1 Å². The number of aromatic nitrogens is 1. The third-order valence-electron chi connectivity index (χ3n) is 3.42. The molecule has 1 aliphatic heterocycles. The highest BCUT2D eigenvalue weighted by Gasteiger charge is 2.31. The lowest BCUT2D eigenvalue weighted by Gasteiger charge is -2.42. The molecule has 1 aliphatic rings. The van der Waals surface area contributed by atoms with E-state index in [2.05, 4.69) is 28.9 Å².